The Morgan fingerprint density at radius 1 is 1.03 bits per heavy atom. The molecule has 5 nitrogen and oxygen atoms in total. The second-order valence-electron chi connectivity index (χ2n) is 8.42. The van der Waals surface area contributed by atoms with E-state index in [0.29, 0.717) is 12.1 Å². The highest BCUT2D eigenvalue weighted by molar-refractivity contribution is 6.12. The number of benzene rings is 2. The van der Waals surface area contributed by atoms with Gasteiger partial charge in [-0.2, -0.15) is 5.10 Å². The van der Waals surface area contributed by atoms with E-state index in [2.05, 4.69) is 51.5 Å². The number of fused-ring (bicyclic) bond motifs is 3. The summed E-state index contributed by atoms with van der Waals surface area (Å²) in [4.78, 5) is 15.7. The molecule has 162 valence electrons. The van der Waals surface area contributed by atoms with Gasteiger partial charge in [0.15, 0.2) is 5.78 Å². The molecule has 2 aromatic heterocycles. The number of carbonyl (C=O) groups is 1. The van der Waals surface area contributed by atoms with Crippen LogP contribution in [0.25, 0.3) is 22.8 Å². The fourth-order valence-corrected chi connectivity index (χ4v) is 4.72. The Kier molecular flexibility index (Phi) is 5.39. The summed E-state index contributed by atoms with van der Waals surface area (Å²) in [6.45, 7) is 8.66. The van der Waals surface area contributed by atoms with Gasteiger partial charge in [0.25, 0.3) is 0 Å². The minimum absolute atomic E-state index is 0.0364. The van der Waals surface area contributed by atoms with Crippen LogP contribution in [0.15, 0.2) is 67.3 Å². The van der Waals surface area contributed by atoms with Gasteiger partial charge >= 0.3 is 0 Å². The standard InChI is InChI=1S/C27H28N4O/c1-3-17-30-23-9-5-6-10-24(23)31-27(30)26(20(2)28-31)25(32)16-13-21-11-14-22(15-12-21)29-18-7-4-8-19-29/h3,5-6,9-16H,1,4,7-8,17-19H2,2H3. The number of imidazole rings is 1. The lowest BCUT2D eigenvalue weighted by Crippen LogP contribution is -2.29. The second-order valence-corrected chi connectivity index (χ2v) is 8.42. The predicted octanol–water partition coefficient (Wildman–Crippen LogP) is 5.67. The van der Waals surface area contributed by atoms with Gasteiger partial charge in [0, 0.05) is 25.3 Å². The number of hydrogen-bond acceptors (Lipinski definition) is 3. The fraction of sp³-hybridized carbons (Fsp3) is 0.259. The van der Waals surface area contributed by atoms with Crippen LogP contribution in [0.1, 0.15) is 40.9 Å². The number of aryl methyl sites for hydroxylation is 1. The van der Waals surface area contributed by atoms with Crippen LogP contribution in [0.3, 0.4) is 0 Å². The van der Waals surface area contributed by atoms with Crippen molar-refractivity contribution >= 4 is 34.2 Å². The molecule has 0 spiro atoms. The van der Waals surface area contributed by atoms with E-state index in [-0.39, 0.29) is 5.78 Å². The third-order valence-electron chi connectivity index (χ3n) is 6.29. The molecule has 0 bridgehead atoms. The molecule has 32 heavy (non-hydrogen) atoms. The van der Waals surface area contributed by atoms with Crippen LogP contribution in [0, 0.1) is 6.92 Å². The molecule has 0 N–H and O–H groups in total. The maximum Gasteiger partial charge on any atom is 0.191 e. The smallest absolute Gasteiger partial charge is 0.191 e. The van der Waals surface area contributed by atoms with Gasteiger partial charge in [-0.15, -0.1) is 6.58 Å². The van der Waals surface area contributed by atoms with Crippen LogP contribution in [-0.2, 0) is 6.54 Å². The number of carbonyl (C=O) groups excluding carboxylic acids is 1. The highest BCUT2D eigenvalue weighted by Gasteiger charge is 2.21. The van der Waals surface area contributed by atoms with E-state index in [0.717, 1.165) is 41.0 Å². The molecule has 5 heteroatoms. The zero-order valence-corrected chi connectivity index (χ0v) is 18.5. The fourth-order valence-electron chi connectivity index (χ4n) is 4.72. The Balaban J connectivity index is 1.46. The van der Waals surface area contributed by atoms with Gasteiger partial charge in [-0.05, 0) is 62.1 Å². The number of hydrogen-bond donors (Lipinski definition) is 0. The summed E-state index contributed by atoms with van der Waals surface area (Å²) in [5.41, 5.74) is 6.51. The molecule has 4 aromatic rings. The first-order valence-electron chi connectivity index (χ1n) is 11.3. The molecular formula is C27H28N4O. The molecule has 0 unspecified atom stereocenters. The summed E-state index contributed by atoms with van der Waals surface area (Å²) in [5.74, 6) is -0.0364. The Morgan fingerprint density at radius 3 is 2.47 bits per heavy atom. The third kappa shape index (κ3) is 3.54. The van der Waals surface area contributed by atoms with Crippen molar-refractivity contribution in [2.24, 2.45) is 0 Å². The zero-order valence-electron chi connectivity index (χ0n) is 18.5. The van der Waals surface area contributed by atoms with Gasteiger partial charge in [-0.25, -0.2) is 4.52 Å². The Morgan fingerprint density at radius 2 is 1.75 bits per heavy atom. The number of ketones is 1. The average molecular weight is 425 g/mol. The van der Waals surface area contributed by atoms with Crippen LogP contribution in [0.5, 0.6) is 0 Å². The lowest BCUT2D eigenvalue weighted by atomic mass is 10.1. The van der Waals surface area contributed by atoms with Crippen molar-refractivity contribution in [3.63, 3.8) is 0 Å². The quantitative estimate of drug-likeness (QED) is 0.228. The minimum Gasteiger partial charge on any atom is -0.372 e. The van der Waals surface area contributed by atoms with Crippen LogP contribution in [0.2, 0.25) is 0 Å². The number of nitrogens with zero attached hydrogens (tertiary/aromatic N) is 4. The maximum atomic E-state index is 13.3. The van der Waals surface area contributed by atoms with Gasteiger partial charge in [0.05, 0.1) is 22.3 Å². The van der Waals surface area contributed by atoms with E-state index < -0.39 is 0 Å². The molecule has 1 aliphatic heterocycles. The first-order chi connectivity index (χ1) is 15.7. The van der Waals surface area contributed by atoms with Crippen molar-refractivity contribution in [1.29, 1.82) is 0 Å². The topological polar surface area (TPSA) is 42.5 Å². The molecule has 0 amide bonds. The van der Waals surface area contributed by atoms with Crippen molar-refractivity contribution in [3.05, 3.63) is 84.1 Å². The third-order valence-corrected chi connectivity index (χ3v) is 6.29. The second kappa shape index (κ2) is 8.50. The lowest BCUT2D eigenvalue weighted by molar-refractivity contribution is 0.104. The van der Waals surface area contributed by atoms with Gasteiger partial charge in [-0.3, -0.25) is 4.79 Å². The number of piperidine rings is 1. The van der Waals surface area contributed by atoms with E-state index in [1.807, 2.05) is 41.8 Å². The molecule has 0 atom stereocenters. The first kappa shape index (κ1) is 20.3. The van der Waals surface area contributed by atoms with E-state index >= 15 is 0 Å². The number of allylic oxidation sites excluding steroid dienone is 2. The van der Waals surface area contributed by atoms with Crippen LogP contribution in [0.4, 0.5) is 5.69 Å². The van der Waals surface area contributed by atoms with Crippen LogP contribution < -0.4 is 4.90 Å². The van der Waals surface area contributed by atoms with Gasteiger partial charge in [-0.1, -0.05) is 36.4 Å². The molecule has 0 radical (unpaired) electrons. The number of anilines is 1. The number of para-hydroxylation sites is 2. The number of aromatic nitrogens is 3. The zero-order chi connectivity index (χ0) is 22.1. The highest BCUT2D eigenvalue weighted by Crippen LogP contribution is 2.26. The van der Waals surface area contributed by atoms with Crippen molar-refractivity contribution in [3.8, 4) is 0 Å². The largest absolute Gasteiger partial charge is 0.372 e. The van der Waals surface area contributed by atoms with Gasteiger partial charge in [0.2, 0.25) is 0 Å². The molecule has 0 saturated carbocycles. The molecule has 3 heterocycles. The monoisotopic (exact) mass is 424 g/mol. The van der Waals surface area contributed by atoms with E-state index in [1.165, 1.54) is 24.9 Å². The summed E-state index contributed by atoms with van der Waals surface area (Å²) in [7, 11) is 0. The average Bonchev–Trinajstić information content (AvgIpc) is 3.32. The summed E-state index contributed by atoms with van der Waals surface area (Å²) in [6, 6.07) is 16.6. The molecular weight excluding hydrogens is 396 g/mol. The molecule has 1 saturated heterocycles. The summed E-state index contributed by atoms with van der Waals surface area (Å²) in [6.07, 6.45) is 9.26. The lowest BCUT2D eigenvalue weighted by Gasteiger charge is -2.28. The maximum absolute atomic E-state index is 13.3. The molecule has 2 aromatic carbocycles. The van der Waals surface area contributed by atoms with E-state index in [4.69, 9.17) is 0 Å². The summed E-state index contributed by atoms with van der Waals surface area (Å²) >= 11 is 0. The van der Waals surface area contributed by atoms with Crippen LogP contribution >= 0.6 is 0 Å². The van der Waals surface area contributed by atoms with Crippen molar-refractivity contribution < 1.29 is 4.79 Å². The minimum atomic E-state index is -0.0364. The van der Waals surface area contributed by atoms with Crippen molar-refractivity contribution in [2.75, 3.05) is 18.0 Å². The highest BCUT2D eigenvalue weighted by atomic mass is 16.1. The molecule has 5 rings (SSSR count). The molecule has 1 aliphatic rings. The SMILES string of the molecule is C=CCn1c2ccccc2n2nc(C)c(C(=O)C=Cc3ccc(N4CCCCC4)cc3)c12. The summed E-state index contributed by atoms with van der Waals surface area (Å²) < 4.78 is 3.99. The first-order valence-corrected chi connectivity index (χ1v) is 11.3. The predicted molar refractivity (Wildman–Crippen MR) is 131 cm³/mol. The normalized spacial score (nSPS) is 14.6. The van der Waals surface area contributed by atoms with E-state index in [9.17, 15) is 4.79 Å². The van der Waals surface area contributed by atoms with Crippen molar-refractivity contribution in [1.82, 2.24) is 14.2 Å². The van der Waals surface area contributed by atoms with Gasteiger partial charge < -0.3 is 9.47 Å². The van der Waals surface area contributed by atoms with Crippen molar-refractivity contribution in [2.45, 2.75) is 32.7 Å². The summed E-state index contributed by atoms with van der Waals surface area (Å²) in [5, 5.41) is 4.68. The molecule has 1 fully saturated rings. The van der Waals surface area contributed by atoms with Gasteiger partial charge in [0.1, 0.15) is 5.65 Å². The Bertz CT molecular complexity index is 1320. The van der Waals surface area contributed by atoms with Crippen LogP contribution in [-0.4, -0.2) is 33.1 Å². The Hall–Kier alpha value is -3.60. The molecule has 0 aliphatic carbocycles. The van der Waals surface area contributed by atoms with E-state index in [1.54, 1.807) is 6.08 Å². The number of rotatable bonds is 6. The Labute approximate surface area is 188 Å².